The summed E-state index contributed by atoms with van der Waals surface area (Å²) >= 11 is 1.38. The van der Waals surface area contributed by atoms with Gasteiger partial charge in [0.2, 0.25) is 5.82 Å². The summed E-state index contributed by atoms with van der Waals surface area (Å²) in [7, 11) is 0. The van der Waals surface area contributed by atoms with E-state index in [2.05, 4.69) is 0 Å². The first kappa shape index (κ1) is 8.63. The van der Waals surface area contributed by atoms with E-state index in [1.54, 1.807) is 0 Å². The van der Waals surface area contributed by atoms with Crippen LogP contribution >= 0.6 is 22.6 Å². The Balaban J connectivity index is 3.46. The number of aromatic hydroxyl groups is 1. The fraction of sp³-hybridized carbons (Fsp3) is 0. The minimum absolute atomic E-state index is 0.318. The van der Waals surface area contributed by atoms with Crippen molar-refractivity contribution in [1.82, 2.24) is 0 Å². The number of benzene rings is 1. The van der Waals surface area contributed by atoms with Crippen LogP contribution in [0.4, 0.5) is 13.2 Å². The van der Waals surface area contributed by atoms with Crippen LogP contribution in [0.2, 0.25) is 0 Å². The third-order valence-electron chi connectivity index (χ3n) is 1.09. The average molecular weight is 274 g/mol. The van der Waals surface area contributed by atoms with Gasteiger partial charge in [-0.15, -0.1) is 0 Å². The van der Waals surface area contributed by atoms with Crippen LogP contribution in [-0.4, -0.2) is 5.11 Å². The molecule has 1 rings (SSSR count). The van der Waals surface area contributed by atoms with E-state index < -0.39 is 23.2 Å². The van der Waals surface area contributed by atoms with Crippen LogP contribution in [0.1, 0.15) is 0 Å². The zero-order valence-electron chi connectivity index (χ0n) is 5.04. The van der Waals surface area contributed by atoms with Gasteiger partial charge in [-0.05, 0) is 22.6 Å². The number of hydrogen-bond donors (Lipinski definition) is 1. The van der Waals surface area contributed by atoms with Gasteiger partial charge in [0, 0.05) is 6.07 Å². The van der Waals surface area contributed by atoms with Gasteiger partial charge in [0.1, 0.15) is 5.82 Å². The van der Waals surface area contributed by atoms with E-state index in [0.717, 1.165) is 0 Å². The molecular formula is C6H2F3IO. The van der Waals surface area contributed by atoms with Gasteiger partial charge in [-0.25, -0.2) is 8.78 Å². The van der Waals surface area contributed by atoms with E-state index >= 15 is 0 Å². The first-order valence-electron chi connectivity index (χ1n) is 2.56. The van der Waals surface area contributed by atoms with Gasteiger partial charge in [0.25, 0.3) is 0 Å². The van der Waals surface area contributed by atoms with Crippen LogP contribution in [-0.2, 0) is 0 Å². The predicted molar refractivity (Wildman–Crippen MR) is 40.7 cm³/mol. The highest BCUT2D eigenvalue weighted by Gasteiger charge is 2.15. The van der Waals surface area contributed by atoms with Crippen LogP contribution in [0.3, 0.4) is 0 Å². The fourth-order valence-electron chi connectivity index (χ4n) is 0.561. The molecule has 0 bridgehead atoms. The van der Waals surface area contributed by atoms with Crippen molar-refractivity contribution in [3.8, 4) is 5.75 Å². The topological polar surface area (TPSA) is 20.2 Å². The van der Waals surface area contributed by atoms with Crippen LogP contribution in [0.5, 0.6) is 5.75 Å². The van der Waals surface area contributed by atoms with E-state index in [1.807, 2.05) is 0 Å². The zero-order chi connectivity index (χ0) is 8.59. The molecule has 0 atom stereocenters. The van der Waals surface area contributed by atoms with Crippen molar-refractivity contribution in [3.63, 3.8) is 0 Å². The monoisotopic (exact) mass is 274 g/mol. The normalized spacial score (nSPS) is 10.2. The minimum atomic E-state index is -1.42. The van der Waals surface area contributed by atoms with Gasteiger partial charge < -0.3 is 5.11 Å². The summed E-state index contributed by atoms with van der Waals surface area (Å²) in [6, 6.07) is 0.386. The molecule has 0 amide bonds. The number of phenolic OH excluding ortho intramolecular Hbond substituents is 1. The molecule has 0 unspecified atom stereocenters. The lowest BCUT2D eigenvalue weighted by Gasteiger charge is -1.99. The Bertz CT molecular complexity index is 274. The summed E-state index contributed by atoms with van der Waals surface area (Å²) in [5.41, 5.74) is 0. The molecule has 11 heavy (non-hydrogen) atoms. The van der Waals surface area contributed by atoms with E-state index in [-0.39, 0.29) is 3.57 Å². The standard InChI is InChI=1S/C6H2F3IO/c7-2-1-3(8)5(10)6(11)4(2)9/h1,11H. The van der Waals surface area contributed by atoms with Crippen molar-refractivity contribution in [2.75, 3.05) is 0 Å². The summed E-state index contributed by atoms with van der Waals surface area (Å²) < 4.78 is 36.7. The van der Waals surface area contributed by atoms with Crippen molar-refractivity contribution in [3.05, 3.63) is 27.1 Å². The van der Waals surface area contributed by atoms with E-state index in [0.29, 0.717) is 6.07 Å². The lowest BCUT2D eigenvalue weighted by Crippen LogP contribution is -1.91. The van der Waals surface area contributed by atoms with E-state index in [4.69, 9.17) is 5.11 Å². The van der Waals surface area contributed by atoms with Crippen molar-refractivity contribution >= 4 is 22.6 Å². The molecule has 0 aliphatic heterocycles. The summed E-state index contributed by atoms with van der Waals surface area (Å²) in [5.74, 6) is -4.76. The van der Waals surface area contributed by atoms with E-state index in [9.17, 15) is 13.2 Å². The second-order valence-electron chi connectivity index (χ2n) is 1.82. The summed E-state index contributed by atoms with van der Waals surface area (Å²) in [4.78, 5) is 0. The molecule has 1 aromatic rings. The second kappa shape index (κ2) is 2.88. The molecule has 5 heteroatoms. The Morgan fingerprint density at radius 3 is 2.27 bits per heavy atom. The molecule has 1 nitrogen and oxygen atoms in total. The van der Waals surface area contributed by atoms with Gasteiger partial charge in [-0.1, -0.05) is 0 Å². The molecule has 1 aromatic carbocycles. The maximum Gasteiger partial charge on any atom is 0.201 e. The highest BCUT2D eigenvalue weighted by Crippen LogP contribution is 2.27. The summed E-state index contributed by atoms with van der Waals surface area (Å²) in [6.45, 7) is 0. The number of hydrogen-bond acceptors (Lipinski definition) is 1. The molecule has 0 saturated heterocycles. The summed E-state index contributed by atoms with van der Waals surface area (Å²) in [6.07, 6.45) is 0. The molecule has 0 aliphatic rings. The molecule has 1 N–H and O–H groups in total. The van der Waals surface area contributed by atoms with Gasteiger partial charge >= 0.3 is 0 Å². The van der Waals surface area contributed by atoms with Crippen molar-refractivity contribution in [2.24, 2.45) is 0 Å². The van der Waals surface area contributed by atoms with Crippen LogP contribution < -0.4 is 0 Å². The smallest absolute Gasteiger partial charge is 0.201 e. The highest BCUT2D eigenvalue weighted by molar-refractivity contribution is 14.1. The molecular weight excluding hydrogens is 272 g/mol. The molecule has 0 spiro atoms. The lowest BCUT2D eigenvalue weighted by atomic mass is 10.3. The predicted octanol–water partition coefficient (Wildman–Crippen LogP) is 2.41. The molecule has 60 valence electrons. The lowest BCUT2D eigenvalue weighted by molar-refractivity contribution is 0.394. The fourth-order valence-corrected chi connectivity index (χ4v) is 0.953. The summed E-state index contributed by atoms with van der Waals surface area (Å²) in [5, 5.41) is 8.71. The Kier molecular flexibility index (Phi) is 2.26. The molecule has 0 aliphatic carbocycles. The van der Waals surface area contributed by atoms with Crippen LogP contribution in [0.25, 0.3) is 0 Å². The third kappa shape index (κ3) is 1.42. The SMILES string of the molecule is Oc1c(F)c(F)cc(F)c1I. The van der Waals surface area contributed by atoms with Crippen molar-refractivity contribution in [2.45, 2.75) is 0 Å². The molecule has 0 fully saturated rings. The highest BCUT2D eigenvalue weighted by atomic mass is 127. The zero-order valence-corrected chi connectivity index (χ0v) is 7.19. The average Bonchev–Trinajstić information content (AvgIpc) is 1.97. The van der Waals surface area contributed by atoms with Crippen LogP contribution in [0, 0.1) is 21.0 Å². The molecule has 0 aromatic heterocycles. The van der Waals surface area contributed by atoms with Crippen molar-refractivity contribution in [1.29, 1.82) is 0 Å². The molecule has 0 heterocycles. The quantitative estimate of drug-likeness (QED) is 0.569. The van der Waals surface area contributed by atoms with Gasteiger partial charge in [-0.2, -0.15) is 4.39 Å². The van der Waals surface area contributed by atoms with Gasteiger partial charge in [0.15, 0.2) is 11.6 Å². The van der Waals surface area contributed by atoms with Gasteiger partial charge in [0.05, 0.1) is 3.57 Å². The largest absolute Gasteiger partial charge is 0.504 e. The first-order chi connectivity index (χ1) is 5.04. The molecule has 0 saturated carbocycles. The second-order valence-corrected chi connectivity index (χ2v) is 2.90. The Labute approximate surface area is 74.0 Å². The maximum atomic E-state index is 12.4. The van der Waals surface area contributed by atoms with E-state index in [1.165, 1.54) is 22.6 Å². The Morgan fingerprint density at radius 2 is 1.73 bits per heavy atom. The Morgan fingerprint density at radius 1 is 1.18 bits per heavy atom. The van der Waals surface area contributed by atoms with Gasteiger partial charge in [-0.3, -0.25) is 0 Å². The number of phenols is 1. The first-order valence-corrected chi connectivity index (χ1v) is 3.64. The van der Waals surface area contributed by atoms with Crippen LogP contribution in [0.15, 0.2) is 6.07 Å². The maximum absolute atomic E-state index is 12.4. The molecule has 0 radical (unpaired) electrons. The number of halogens is 4. The number of rotatable bonds is 0. The minimum Gasteiger partial charge on any atom is -0.504 e. The third-order valence-corrected chi connectivity index (χ3v) is 2.11. The Hall–Kier alpha value is -0.460. The van der Waals surface area contributed by atoms with Crippen molar-refractivity contribution < 1.29 is 18.3 Å².